The Morgan fingerprint density at radius 3 is 1.90 bits per heavy atom. The van der Waals surface area contributed by atoms with Crippen molar-refractivity contribution in [2.24, 2.45) is 0 Å². The molecule has 110 valence electrons. The second-order valence-electron chi connectivity index (χ2n) is 3.81. The minimum atomic E-state index is -2.21. The fourth-order valence-electron chi connectivity index (χ4n) is 1.59. The molecule has 8 heteroatoms. The number of hydrogen-bond acceptors (Lipinski definition) is 3. The minimum Gasteiger partial charge on any atom is -0.383 e. The summed E-state index contributed by atoms with van der Waals surface area (Å²) in [5.74, 6) is -10.1. The van der Waals surface area contributed by atoms with E-state index in [0.717, 1.165) is 4.90 Å². The lowest BCUT2D eigenvalue weighted by Crippen LogP contribution is -2.31. The van der Waals surface area contributed by atoms with Crippen LogP contribution in [0.15, 0.2) is 0 Å². The molecule has 0 saturated carbocycles. The number of hydrogen-bond donors (Lipinski definition) is 0. The van der Waals surface area contributed by atoms with Gasteiger partial charge in [0.2, 0.25) is 5.82 Å². The van der Waals surface area contributed by atoms with Crippen molar-refractivity contribution in [2.75, 3.05) is 31.7 Å². The monoisotopic (exact) mass is 294 g/mol. The van der Waals surface area contributed by atoms with E-state index < -0.39 is 34.8 Å². The normalized spacial score (nSPS) is 10.4. The van der Waals surface area contributed by atoms with Gasteiger partial charge in [-0.25, -0.2) is 22.0 Å². The van der Waals surface area contributed by atoms with Crippen molar-refractivity contribution in [2.45, 2.75) is 6.42 Å². The summed E-state index contributed by atoms with van der Waals surface area (Å²) in [6.45, 7) is -0.292. The lowest BCUT2D eigenvalue weighted by atomic mass is 10.2. The van der Waals surface area contributed by atoms with Crippen LogP contribution in [-0.4, -0.2) is 26.8 Å². The van der Waals surface area contributed by atoms with Crippen molar-refractivity contribution >= 4 is 5.69 Å². The molecule has 0 spiro atoms. The highest BCUT2D eigenvalue weighted by atomic mass is 19.2. The number of anilines is 1. The molecule has 1 aromatic rings. The highest BCUT2D eigenvalue weighted by Crippen LogP contribution is 2.30. The third kappa shape index (κ3) is 3.17. The molecule has 0 amide bonds. The zero-order chi connectivity index (χ0) is 15.3. The van der Waals surface area contributed by atoms with Crippen LogP contribution in [0.5, 0.6) is 0 Å². The molecule has 0 aliphatic carbocycles. The Hall–Kier alpha value is -1.88. The van der Waals surface area contributed by atoms with Crippen molar-refractivity contribution in [1.82, 2.24) is 0 Å². The Balaban J connectivity index is 3.28. The molecule has 0 saturated heterocycles. The van der Waals surface area contributed by atoms with E-state index in [2.05, 4.69) is 0 Å². The van der Waals surface area contributed by atoms with Gasteiger partial charge in [-0.05, 0) is 0 Å². The molecule has 0 unspecified atom stereocenters. The van der Waals surface area contributed by atoms with E-state index in [4.69, 9.17) is 10.00 Å². The van der Waals surface area contributed by atoms with Crippen LogP contribution in [0.2, 0.25) is 0 Å². The van der Waals surface area contributed by atoms with E-state index in [1.165, 1.54) is 7.11 Å². The maximum absolute atomic E-state index is 13.6. The van der Waals surface area contributed by atoms with Crippen molar-refractivity contribution in [3.63, 3.8) is 0 Å². The van der Waals surface area contributed by atoms with Crippen LogP contribution in [0, 0.1) is 40.4 Å². The molecule has 0 aliphatic rings. The standard InChI is InChI=1S/C12H11F5N2O/c1-20-6-5-19(4-2-3-18)12-10(16)8(14)7(13)9(15)11(12)17/h2,4-6H2,1H3. The summed E-state index contributed by atoms with van der Waals surface area (Å²) in [6, 6.07) is 1.73. The Labute approximate surface area is 112 Å². The highest BCUT2D eigenvalue weighted by molar-refractivity contribution is 5.50. The number of nitriles is 1. The molecular formula is C12H11F5N2O. The maximum atomic E-state index is 13.6. The SMILES string of the molecule is COCCN(CCC#N)c1c(F)c(F)c(F)c(F)c1F. The van der Waals surface area contributed by atoms with E-state index >= 15 is 0 Å². The van der Waals surface area contributed by atoms with E-state index in [0.29, 0.717) is 0 Å². The van der Waals surface area contributed by atoms with Gasteiger partial charge in [0.1, 0.15) is 5.69 Å². The molecule has 0 fully saturated rings. The van der Waals surface area contributed by atoms with Crippen molar-refractivity contribution in [3.8, 4) is 6.07 Å². The lowest BCUT2D eigenvalue weighted by Gasteiger charge is -2.24. The molecule has 1 aromatic carbocycles. The van der Waals surface area contributed by atoms with Gasteiger partial charge >= 0.3 is 0 Å². The van der Waals surface area contributed by atoms with Gasteiger partial charge in [0.05, 0.1) is 19.1 Å². The fraction of sp³-hybridized carbons (Fsp3) is 0.417. The Kier molecular flexibility index (Phi) is 5.70. The van der Waals surface area contributed by atoms with Gasteiger partial charge in [-0.15, -0.1) is 0 Å². The molecule has 0 atom stereocenters. The summed E-state index contributed by atoms with van der Waals surface area (Å²) >= 11 is 0. The Morgan fingerprint density at radius 1 is 0.950 bits per heavy atom. The largest absolute Gasteiger partial charge is 0.383 e. The van der Waals surface area contributed by atoms with E-state index in [9.17, 15) is 22.0 Å². The summed E-state index contributed by atoms with van der Waals surface area (Å²) in [5, 5.41) is 8.48. The van der Waals surface area contributed by atoms with Crippen molar-refractivity contribution < 1.29 is 26.7 Å². The molecule has 3 nitrogen and oxygen atoms in total. The van der Waals surface area contributed by atoms with Crippen LogP contribution in [0.3, 0.4) is 0 Å². The van der Waals surface area contributed by atoms with Crippen molar-refractivity contribution in [1.29, 1.82) is 5.26 Å². The summed E-state index contributed by atoms with van der Waals surface area (Å²) in [5.41, 5.74) is -1.05. The zero-order valence-corrected chi connectivity index (χ0v) is 10.5. The van der Waals surface area contributed by atoms with E-state index in [-0.39, 0.29) is 26.1 Å². The van der Waals surface area contributed by atoms with Gasteiger partial charge in [0, 0.05) is 20.2 Å². The van der Waals surface area contributed by atoms with E-state index in [1.807, 2.05) is 0 Å². The molecule has 0 bridgehead atoms. The van der Waals surface area contributed by atoms with Crippen LogP contribution in [0.1, 0.15) is 6.42 Å². The van der Waals surface area contributed by atoms with Gasteiger partial charge in [-0.1, -0.05) is 0 Å². The topological polar surface area (TPSA) is 36.3 Å². The third-order valence-electron chi connectivity index (χ3n) is 2.56. The third-order valence-corrected chi connectivity index (χ3v) is 2.56. The number of nitrogens with zero attached hydrogens (tertiary/aromatic N) is 2. The van der Waals surface area contributed by atoms with Crippen LogP contribution in [0.4, 0.5) is 27.6 Å². The predicted octanol–water partition coefficient (Wildman–Crippen LogP) is 2.75. The number of benzene rings is 1. The minimum absolute atomic E-state index is 0.00488. The lowest BCUT2D eigenvalue weighted by molar-refractivity contribution is 0.204. The Morgan fingerprint density at radius 2 is 1.45 bits per heavy atom. The van der Waals surface area contributed by atoms with Crippen LogP contribution >= 0.6 is 0 Å². The number of methoxy groups -OCH3 is 1. The predicted molar refractivity (Wildman–Crippen MR) is 60.6 cm³/mol. The molecule has 0 aromatic heterocycles. The highest BCUT2D eigenvalue weighted by Gasteiger charge is 2.28. The zero-order valence-electron chi connectivity index (χ0n) is 10.5. The number of ether oxygens (including phenoxy) is 1. The van der Waals surface area contributed by atoms with Gasteiger partial charge in [0.25, 0.3) is 0 Å². The molecule has 1 rings (SSSR count). The van der Waals surface area contributed by atoms with E-state index in [1.54, 1.807) is 6.07 Å². The van der Waals surface area contributed by atoms with Crippen LogP contribution in [0.25, 0.3) is 0 Å². The average Bonchev–Trinajstić information content (AvgIpc) is 2.45. The molecule has 20 heavy (non-hydrogen) atoms. The maximum Gasteiger partial charge on any atom is 0.200 e. The van der Waals surface area contributed by atoms with Crippen molar-refractivity contribution in [3.05, 3.63) is 29.1 Å². The van der Waals surface area contributed by atoms with Crippen LogP contribution < -0.4 is 4.90 Å². The molecule has 0 radical (unpaired) electrons. The summed E-state index contributed by atoms with van der Waals surface area (Å²) in [4.78, 5) is 0.892. The quantitative estimate of drug-likeness (QED) is 0.460. The summed E-state index contributed by atoms with van der Waals surface area (Å²) < 4.78 is 71.1. The second-order valence-corrected chi connectivity index (χ2v) is 3.81. The Bertz CT molecular complexity index is 501. The summed E-state index contributed by atoms with van der Waals surface area (Å²) in [7, 11) is 1.32. The van der Waals surface area contributed by atoms with Crippen LogP contribution in [-0.2, 0) is 4.74 Å². The number of rotatable bonds is 6. The average molecular weight is 294 g/mol. The summed E-state index contributed by atoms with van der Waals surface area (Å²) in [6.07, 6.45) is -0.136. The second kappa shape index (κ2) is 7.05. The fourth-order valence-corrected chi connectivity index (χ4v) is 1.59. The van der Waals surface area contributed by atoms with Gasteiger partial charge < -0.3 is 9.64 Å². The van der Waals surface area contributed by atoms with Gasteiger partial charge in [-0.3, -0.25) is 0 Å². The first-order valence-corrected chi connectivity index (χ1v) is 5.58. The molecular weight excluding hydrogens is 283 g/mol. The molecule has 0 N–H and O–H groups in total. The van der Waals surface area contributed by atoms with Gasteiger partial charge in [0.15, 0.2) is 23.3 Å². The molecule has 0 aliphatic heterocycles. The van der Waals surface area contributed by atoms with Gasteiger partial charge in [-0.2, -0.15) is 5.26 Å². The first-order valence-electron chi connectivity index (χ1n) is 5.58. The number of halogens is 5. The molecule has 0 heterocycles. The first-order chi connectivity index (χ1) is 9.45. The smallest absolute Gasteiger partial charge is 0.200 e. The first kappa shape index (κ1) is 16.2.